The molecule has 0 bridgehead atoms. The van der Waals surface area contributed by atoms with E-state index in [0.29, 0.717) is 11.1 Å². The molecule has 0 aromatic heterocycles. The lowest BCUT2D eigenvalue weighted by atomic mass is 9.95. The van der Waals surface area contributed by atoms with Gasteiger partial charge in [0.2, 0.25) is 0 Å². The van der Waals surface area contributed by atoms with Gasteiger partial charge in [-0.25, -0.2) is 0 Å². The summed E-state index contributed by atoms with van der Waals surface area (Å²) >= 11 is 0. The van der Waals surface area contributed by atoms with Gasteiger partial charge in [-0.2, -0.15) is 0 Å². The molecular formula is C20H19NO5. The number of amides is 1. The number of nitrogens with zero attached hydrogens (tertiary/aromatic N) is 1. The number of aliphatic hydroxyl groups is 1. The zero-order valence-electron chi connectivity index (χ0n) is 14.3. The van der Waals surface area contributed by atoms with Crippen LogP contribution in [0.1, 0.15) is 17.2 Å². The van der Waals surface area contributed by atoms with Crippen molar-refractivity contribution in [3.8, 4) is 5.75 Å². The summed E-state index contributed by atoms with van der Waals surface area (Å²) in [6, 6.07) is 14.1. The molecule has 6 nitrogen and oxygen atoms in total. The van der Waals surface area contributed by atoms with Gasteiger partial charge < -0.3 is 19.8 Å². The van der Waals surface area contributed by atoms with Gasteiger partial charge in [-0.15, -0.1) is 0 Å². The number of rotatable bonds is 5. The van der Waals surface area contributed by atoms with Gasteiger partial charge in [0, 0.05) is 19.2 Å². The molecule has 0 spiro atoms. The van der Waals surface area contributed by atoms with Crippen molar-refractivity contribution in [3.63, 3.8) is 0 Å². The summed E-state index contributed by atoms with van der Waals surface area (Å²) in [6.45, 7) is 0.463. The van der Waals surface area contributed by atoms with E-state index in [1.54, 1.807) is 42.5 Å². The molecule has 1 saturated heterocycles. The molecule has 2 N–H and O–H groups in total. The van der Waals surface area contributed by atoms with Crippen LogP contribution in [-0.2, 0) is 14.3 Å². The predicted molar refractivity (Wildman–Crippen MR) is 95.4 cm³/mol. The van der Waals surface area contributed by atoms with Gasteiger partial charge in [-0.3, -0.25) is 9.59 Å². The molecule has 6 heteroatoms. The maximum atomic E-state index is 12.6. The smallest absolute Gasteiger partial charge is 0.295 e. The van der Waals surface area contributed by atoms with E-state index in [1.807, 2.05) is 0 Å². The monoisotopic (exact) mass is 353 g/mol. The van der Waals surface area contributed by atoms with Crippen LogP contribution >= 0.6 is 0 Å². The second-order valence-corrected chi connectivity index (χ2v) is 5.94. The maximum Gasteiger partial charge on any atom is 0.295 e. The third-order valence-corrected chi connectivity index (χ3v) is 4.33. The van der Waals surface area contributed by atoms with Crippen molar-refractivity contribution in [2.24, 2.45) is 0 Å². The van der Waals surface area contributed by atoms with E-state index in [1.165, 1.54) is 24.1 Å². The molecule has 26 heavy (non-hydrogen) atoms. The Morgan fingerprint density at radius 3 is 2.35 bits per heavy atom. The molecule has 0 saturated carbocycles. The molecule has 1 aliphatic heterocycles. The zero-order valence-corrected chi connectivity index (χ0v) is 14.3. The molecule has 0 radical (unpaired) electrons. The number of Topliss-reactive ketones (excluding diaryl/α,β-unsaturated/α-hetero) is 1. The second kappa shape index (κ2) is 7.41. The molecule has 2 aromatic carbocycles. The van der Waals surface area contributed by atoms with Crippen LogP contribution in [-0.4, -0.2) is 47.1 Å². The number of phenols is 1. The van der Waals surface area contributed by atoms with Gasteiger partial charge in [-0.05, 0) is 17.7 Å². The predicted octanol–water partition coefficient (Wildman–Crippen LogP) is 2.46. The molecule has 1 fully saturated rings. The highest BCUT2D eigenvalue weighted by atomic mass is 16.5. The highest BCUT2D eigenvalue weighted by molar-refractivity contribution is 6.46. The molecule has 2 aromatic rings. The van der Waals surface area contributed by atoms with Crippen LogP contribution < -0.4 is 0 Å². The molecule has 1 amide bonds. The van der Waals surface area contributed by atoms with Crippen LogP contribution in [0.25, 0.3) is 5.76 Å². The van der Waals surface area contributed by atoms with Gasteiger partial charge >= 0.3 is 0 Å². The van der Waals surface area contributed by atoms with Crippen molar-refractivity contribution in [2.45, 2.75) is 6.04 Å². The van der Waals surface area contributed by atoms with Crippen LogP contribution in [0.3, 0.4) is 0 Å². The summed E-state index contributed by atoms with van der Waals surface area (Å²) in [5.41, 5.74) is 1.11. The Labute approximate surface area is 150 Å². The third-order valence-electron chi connectivity index (χ3n) is 4.33. The Kier molecular flexibility index (Phi) is 5.04. The lowest BCUT2D eigenvalue weighted by molar-refractivity contribution is -0.140. The van der Waals surface area contributed by atoms with Crippen LogP contribution in [0, 0.1) is 0 Å². The number of methoxy groups -OCH3 is 1. The largest absolute Gasteiger partial charge is 0.508 e. The lowest BCUT2D eigenvalue weighted by Crippen LogP contribution is -2.32. The summed E-state index contributed by atoms with van der Waals surface area (Å²) in [5, 5.41) is 20.3. The number of phenolic OH excluding ortho intramolecular Hbond substituents is 1. The molecular weight excluding hydrogens is 334 g/mol. The normalized spacial score (nSPS) is 19.1. The van der Waals surface area contributed by atoms with E-state index < -0.39 is 17.7 Å². The van der Waals surface area contributed by atoms with Crippen LogP contribution in [0.5, 0.6) is 5.75 Å². The van der Waals surface area contributed by atoms with Crippen molar-refractivity contribution in [2.75, 3.05) is 20.3 Å². The zero-order chi connectivity index (χ0) is 18.7. The molecule has 3 rings (SSSR count). The van der Waals surface area contributed by atoms with Crippen LogP contribution in [0.15, 0.2) is 60.2 Å². The Morgan fingerprint density at radius 1 is 1.08 bits per heavy atom. The first-order chi connectivity index (χ1) is 12.5. The first-order valence-corrected chi connectivity index (χ1v) is 8.16. The third kappa shape index (κ3) is 3.19. The number of ketones is 1. The number of hydrogen-bond acceptors (Lipinski definition) is 5. The number of benzene rings is 2. The van der Waals surface area contributed by atoms with Crippen LogP contribution in [0.2, 0.25) is 0 Å². The fourth-order valence-electron chi connectivity index (χ4n) is 3.05. The van der Waals surface area contributed by atoms with Gasteiger partial charge in [0.25, 0.3) is 11.7 Å². The molecule has 1 heterocycles. The topological polar surface area (TPSA) is 87.1 Å². The lowest BCUT2D eigenvalue weighted by Gasteiger charge is -2.25. The Hall–Kier alpha value is -3.12. The summed E-state index contributed by atoms with van der Waals surface area (Å²) in [6.07, 6.45) is 0. The first kappa shape index (κ1) is 17.7. The molecule has 1 atom stereocenters. The molecule has 0 unspecified atom stereocenters. The fourth-order valence-corrected chi connectivity index (χ4v) is 3.05. The van der Waals surface area contributed by atoms with E-state index in [4.69, 9.17) is 4.74 Å². The number of carbonyl (C=O) groups excluding carboxylic acids is 2. The summed E-state index contributed by atoms with van der Waals surface area (Å²) in [5.74, 6) is -1.56. The van der Waals surface area contributed by atoms with Crippen LogP contribution in [0.4, 0.5) is 0 Å². The average Bonchev–Trinajstić information content (AvgIpc) is 2.91. The number of ether oxygens (including phenoxy) is 1. The standard InChI is InChI=1S/C20H19NO5/c1-26-12-11-21-17(13-7-9-15(22)10-8-13)16(19(24)20(21)25)18(23)14-5-3-2-4-6-14/h2-10,17,22-23H,11-12H2,1H3/b18-16+/t17-/m0/s1. The Bertz CT molecular complexity index is 842. The SMILES string of the molecule is COCCN1C(=O)C(=O)/C(=C(/O)c2ccccc2)[C@@H]1c1ccc(O)cc1. The van der Waals surface area contributed by atoms with E-state index in [-0.39, 0.29) is 30.2 Å². The minimum absolute atomic E-state index is 0.0305. The minimum atomic E-state index is -0.744. The van der Waals surface area contributed by atoms with E-state index in [0.717, 1.165) is 0 Å². The summed E-state index contributed by atoms with van der Waals surface area (Å²) < 4.78 is 5.05. The summed E-state index contributed by atoms with van der Waals surface area (Å²) in [7, 11) is 1.51. The maximum absolute atomic E-state index is 12.6. The van der Waals surface area contributed by atoms with E-state index in [2.05, 4.69) is 0 Å². The molecule has 134 valence electrons. The Balaban J connectivity index is 2.15. The van der Waals surface area contributed by atoms with Gasteiger partial charge in [0.1, 0.15) is 11.5 Å². The quantitative estimate of drug-likeness (QED) is 0.490. The van der Waals surface area contributed by atoms with Crippen molar-refractivity contribution < 1.29 is 24.5 Å². The fraction of sp³-hybridized carbons (Fsp3) is 0.200. The number of likely N-dealkylation sites (tertiary alicyclic amines) is 1. The van der Waals surface area contributed by atoms with E-state index in [9.17, 15) is 19.8 Å². The Morgan fingerprint density at radius 2 is 1.73 bits per heavy atom. The highest BCUT2D eigenvalue weighted by Gasteiger charge is 2.45. The molecule has 1 aliphatic rings. The van der Waals surface area contributed by atoms with Crippen molar-refractivity contribution in [3.05, 3.63) is 71.3 Å². The van der Waals surface area contributed by atoms with Gasteiger partial charge in [0.05, 0.1) is 18.2 Å². The number of carbonyl (C=O) groups is 2. The average molecular weight is 353 g/mol. The number of aromatic hydroxyl groups is 1. The van der Waals surface area contributed by atoms with Gasteiger partial charge in [0.15, 0.2) is 0 Å². The summed E-state index contributed by atoms with van der Waals surface area (Å²) in [4.78, 5) is 26.6. The number of hydrogen-bond donors (Lipinski definition) is 2. The van der Waals surface area contributed by atoms with Gasteiger partial charge in [-0.1, -0.05) is 42.5 Å². The highest BCUT2D eigenvalue weighted by Crippen LogP contribution is 2.39. The molecule has 0 aliphatic carbocycles. The van der Waals surface area contributed by atoms with Crippen molar-refractivity contribution >= 4 is 17.4 Å². The van der Waals surface area contributed by atoms with Crippen molar-refractivity contribution in [1.82, 2.24) is 4.90 Å². The number of aliphatic hydroxyl groups excluding tert-OH is 1. The van der Waals surface area contributed by atoms with E-state index >= 15 is 0 Å². The minimum Gasteiger partial charge on any atom is -0.508 e. The second-order valence-electron chi connectivity index (χ2n) is 5.94. The van der Waals surface area contributed by atoms with Crippen molar-refractivity contribution in [1.29, 1.82) is 0 Å². The first-order valence-electron chi connectivity index (χ1n) is 8.16.